The quantitative estimate of drug-likeness (QED) is 0.835. The zero-order valence-corrected chi connectivity index (χ0v) is 11.5. The standard InChI is InChI=1S/C13H22N2O4/c1-14(9-5-3-4-6-9)13(18)15-8-10(19-2)7-11(15)12(16)17/h9-11H,3-8H2,1-2H3,(H,16,17). The van der Waals surface area contributed by atoms with Gasteiger partial charge < -0.3 is 19.6 Å². The Kier molecular flexibility index (Phi) is 4.29. The van der Waals surface area contributed by atoms with Crippen LogP contribution in [-0.4, -0.2) is 65.8 Å². The molecular weight excluding hydrogens is 248 g/mol. The summed E-state index contributed by atoms with van der Waals surface area (Å²) in [5.74, 6) is -0.951. The van der Waals surface area contributed by atoms with Gasteiger partial charge in [-0.05, 0) is 12.8 Å². The molecule has 2 fully saturated rings. The van der Waals surface area contributed by atoms with E-state index >= 15 is 0 Å². The van der Waals surface area contributed by atoms with E-state index in [-0.39, 0.29) is 18.2 Å². The molecule has 6 heteroatoms. The van der Waals surface area contributed by atoms with Crippen molar-refractivity contribution in [2.75, 3.05) is 20.7 Å². The molecule has 1 heterocycles. The van der Waals surface area contributed by atoms with Gasteiger partial charge >= 0.3 is 12.0 Å². The summed E-state index contributed by atoms with van der Waals surface area (Å²) in [6.45, 7) is 0.364. The molecular formula is C13H22N2O4. The average Bonchev–Trinajstić information content (AvgIpc) is 3.05. The fourth-order valence-electron chi connectivity index (χ4n) is 3.06. The van der Waals surface area contributed by atoms with E-state index in [1.165, 1.54) is 4.90 Å². The van der Waals surface area contributed by atoms with Crippen LogP contribution in [0.2, 0.25) is 0 Å². The van der Waals surface area contributed by atoms with Gasteiger partial charge in [0.25, 0.3) is 0 Å². The number of carbonyl (C=O) groups is 2. The molecule has 1 saturated heterocycles. The second kappa shape index (κ2) is 5.77. The second-order valence-electron chi connectivity index (χ2n) is 5.43. The molecule has 2 atom stereocenters. The van der Waals surface area contributed by atoms with Crippen molar-refractivity contribution in [1.29, 1.82) is 0 Å². The number of carboxylic acids is 1. The molecule has 108 valence electrons. The Bertz CT molecular complexity index is 355. The van der Waals surface area contributed by atoms with Crippen molar-refractivity contribution in [3.8, 4) is 0 Å². The highest BCUT2D eigenvalue weighted by Crippen LogP contribution is 2.26. The lowest BCUT2D eigenvalue weighted by molar-refractivity contribution is -0.141. The van der Waals surface area contributed by atoms with Crippen LogP contribution in [0.3, 0.4) is 0 Å². The van der Waals surface area contributed by atoms with Crippen molar-refractivity contribution < 1.29 is 19.4 Å². The highest BCUT2D eigenvalue weighted by molar-refractivity contribution is 5.83. The first kappa shape index (κ1) is 14.1. The van der Waals surface area contributed by atoms with Gasteiger partial charge in [0.2, 0.25) is 0 Å². The van der Waals surface area contributed by atoms with Gasteiger partial charge in [0.1, 0.15) is 6.04 Å². The van der Waals surface area contributed by atoms with E-state index in [0.717, 1.165) is 25.7 Å². The van der Waals surface area contributed by atoms with Gasteiger partial charge in [-0.1, -0.05) is 12.8 Å². The minimum absolute atomic E-state index is 0.179. The maximum Gasteiger partial charge on any atom is 0.326 e. The third-order valence-corrected chi connectivity index (χ3v) is 4.30. The van der Waals surface area contributed by atoms with Crippen LogP contribution in [0, 0.1) is 0 Å². The predicted molar refractivity (Wildman–Crippen MR) is 69.0 cm³/mol. The number of hydrogen-bond donors (Lipinski definition) is 1. The second-order valence-corrected chi connectivity index (χ2v) is 5.43. The van der Waals surface area contributed by atoms with E-state index in [9.17, 15) is 14.7 Å². The molecule has 0 bridgehead atoms. The van der Waals surface area contributed by atoms with Crippen molar-refractivity contribution in [2.45, 2.75) is 50.3 Å². The van der Waals surface area contributed by atoms with Gasteiger partial charge in [0.05, 0.1) is 6.10 Å². The summed E-state index contributed by atoms with van der Waals surface area (Å²) in [6, 6.07) is -0.691. The Labute approximate surface area is 113 Å². The van der Waals surface area contributed by atoms with Gasteiger partial charge in [-0.25, -0.2) is 9.59 Å². The summed E-state index contributed by atoms with van der Waals surface area (Å²) >= 11 is 0. The highest BCUT2D eigenvalue weighted by Gasteiger charge is 2.42. The summed E-state index contributed by atoms with van der Waals surface area (Å²) in [5.41, 5.74) is 0. The van der Waals surface area contributed by atoms with Gasteiger partial charge in [-0.15, -0.1) is 0 Å². The first-order valence-electron chi connectivity index (χ1n) is 6.83. The number of aliphatic carboxylic acids is 1. The number of methoxy groups -OCH3 is 1. The van der Waals surface area contributed by atoms with Crippen LogP contribution in [0.25, 0.3) is 0 Å². The first-order valence-corrected chi connectivity index (χ1v) is 6.83. The molecule has 1 aliphatic carbocycles. The molecule has 0 radical (unpaired) electrons. The van der Waals surface area contributed by atoms with Crippen molar-refractivity contribution in [3.63, 3.8) is 0 Å². The minimum atomic E-state index is -0.951. The lowest BCUT2D eigenvalue weighted by atomic mass is 10.2. The first-order chi connectivity index (χ1) is 9.04. The predicted octanol–water partition coefficient (Wildman–Crippen LogP) is 1.15. The number of hydrogen-bond acceptors (Lipinski definition) is 3. The van der Waals surface area contributed by atoms with E-state index in [1.807, 2.05) is 0 Å². The van der Waals surface area contributed by atoms with E-state index in [2.05, 4.69) is 0 Å². The maximum atomic E-state index is 12.4. The molecule has 0 aromatic carbocycles. The Balaban J connectivity index is 2.05. The number of amides is 2. The zero-order chi connectivity index (χ0) is 14.0. The van der Waals surface area contributed by atoms with Crippen LogP contribution >= 0.6 is 0 Å². The molecule has 2 aliphatic rings. The maximum absolute atomic E-state index is 12.4. The lowest BCUT2D eigenvalue weighted by Gasteiger charge is -2.31. The zero-order valence-electron chi connectivity index (χ0n) is 11.5. The molecule has 1 N–H and O–H groups in total. The van der Waals surface area contributed by atoms with Crippen LogP contribution in [-0.2, 0) is 9.53 Å². The Morgan fingerprint density at radius 3 is 2.47 bits per heavy atom. The van der Waals surface area contributed by atoms with Gasteiger partial charge in [0.15, 0.2) is 0 Å². The van der Waals surface area contributed by atoms with E-state index in [4.69, 9.17) is 4.74 Å². The number of rotatable bonds is 3. The smallest absolute Gasteiger partial charge is 0.326 e. The number of nitrogens with zero attached hydrogens (tertiary/aromatic N) is 2. The van der Waals surface area contributed by atoms with Crippen LogP contribution in [0.1, 0.15) is 32.1 Å². The highest BCUT2D eigenvalue weighted by atomic mass is 16.5. The Morgan fingerprint density at radius 2 is 1.95 bits per heavy atom. The minimum Gasteiger partial charge on any atom is -0.480 e. The number of urea groups is 1. The fraction of sp³-hybridized carbons (Fsp3) is 0.846. The molecule has 0 aromatic rings. The third kappa shape index (κ3) is 2.83. The number of carboxylic acid groups (broad SMARTS) is 1. The summed E-state index contributed by atoms with van der Waals surface area (Å²) in [4.78, 5) is 26.8. The van der Waals surface area contributed by atoms with Crippen molar-refractivity contribution in [2.24, 2.45) is 0 Å². The van der Waals surface area contributed by atoms with Crippen molar-refractivity contribution in [1.82, 2.24) is 9.80 Å². The van der Waals surface area contributed by atoms with Crippen LogP contribution in [0.5, 0.6) is 0 Å². The number of likely N-dealkylation sites (tertiary alicyclic amines) is 1. The molecule has 19 heavy (non-hydrogen) atoms. The SMILES string of the molecule is COC1CC(C(=O)O)N(C(=O)N(C)C2CCCC2)C1. The van der Waals surface area contributed by atoms with E-state index in [1.54, 1.807) is 19.1 Å². The Morgan fingerprint density at radius 1 is 1.32 bits per heavy atom. The van der Waals surface area contributed by atoms with Crippen molar-refractivity contribution >= 4 is 12.0 Å². The number of ether oxygens (including phenoxy) is 1. The van der Waals surface area contributed by atoms with Crippen molar-refractivity contribution in [3.05, 3.63) is 0 Å². The molecule has 6 nitrogen and oxygen atoms in total. The average molecular weight is 270 g/mol. The molecule has 0 spiro atoms. The van der Waals surface area contributed by atoms with Crippen LogP contribution in [0.15, 0.2) is 0 Å². The Hall–Kier alpha value is -1.30. The fourth-order valence-corrected chi connectivity index (χ4v) is 3.06. The largest absolute Gasteiger partial charge is 0.480 e. The van der Waals surface area contributed by atoms with E-state index < -0.39 is 12.0 Å². The normalized spacial score (nSPS) is 27.8. The number of carbonyl (C=O) groups excluding carboxylic acids is 1. The van der Waals surface area contributed by atoms with Crippen LogP contribution in [0.4, 0.5) is 4.79 Å². The third-order valence-electron chi connectivity index (χ3n) is 4.30. The summed E-state index contributed by atoms with van der Waals surface area (Å²) in [5, 5.41) is 9.23. The van der Waals surface area contributed by atoms with Gasteiger partial charge in [0, 0.05) is 33.2 Å². The summed E-state index contributed by atoms with van der Waals surface area (Å²) in [6.07, 6.45) is 4.51. The summed E-state index contributed by atoms with van der Waals surface area (Å²) in [7, 11) is 3.33. The molecule has 2 amide bonds. The molecule has 0 aromatic heterocycles. The monoisotopic (exact) mass is 270 g/mol. The van der Waals surface area contributed by atoms with Gasteiger partial charge in [-0.3, -0.25) is 0 Å². The molecule has 1 saturated carbocycles. The topological polar surface area (TPSA) is 70.1 Å². The van der Waals surface area contributed by atoms with E-state index in [0.29, 0.717) is 13.0 Å². The molecule has 1 aliphatic heterocycles. The van der Waals surface area contributed by atoms with Gasteiger partial charge in [-0.2, -0.15) is 0 Å². The molecule has 2 unspecified atom stereocenters. The lowest BCUT2D eigenvalue weighted by Crippen LogP contribution is -2.49. The summed E-state index contributed by atoms with van der Waals surface area (Å²) < 4.78 is 5.20. The van der Waals surface area contributed by atoms with Crippen LogP contribution < -0.4 is 0 Å². The molecule has 2 rings (SSSR count).